The van der Waals surface area contributed by atoms with Gasteiger partial charge in [0.15, 0.2) is 0 Å². The van der Waals surface area contributed by atoms with Crippen LogP contribution in [0, 0.1) is 0 Å². The van der Waals surface area contributed by atoms with Crippen LogP contribution in [-0.4, -0.2) is 45.3 Å². The zero-order valence-electron chi connectivity index (χ0n) is 14.1. The molecule has 0 fully saturated rings. The molecule has 0 unspecified atom stereocenters. The van der Waals surface area contributed by atoms with E-state index in [9.17, 15) is 4.79 Å². The molecule has 0 aliphatic rings. The van der Waals surface area contributed by atoms with Crippen molar-refractivity contribution < 1.29 is 19.1 Å². The maximum Gasteiger partial charge on any atom is 0.367 e. The lowest BCUT2D eigenvalue weighted by molar-refractivity contribution is 0.0411. The Morgan fingerprint density at radius 2 is 2.04 bits per heavy atom. The minimum atomic E-state index is -0.596. The number of fused-ring (bicyclic) bond motifs is 2. The second kappa shape index (κ2) is 6.45. The quantitative estimate of drug-likeness (QED) is 0.545. The molecule has 0 saturated heterocycles. The predicted molar refractivity (Wildman–Crippen MR) is 91.8 cm³/mol. The van der Waals surface area contributed by atoms with Gasteiger partial charge in [0.1, 0.15) is 34.7 Å². The molecule has 0 bridgehead atoms. The Morgan fingerprint density at radius 3 is 2.85 bits per heavy atom. The third-order valence-corrected chi connectivity index (χ3v) is 3.87. The normalized spacial score (nSPS) is 11.2. The molecular formula is C17H15N5O4. The van der Waals surface area contributed by atoms with Crippen LogP contribution in [0.5, 0.6) is 5.75 Å². The third-order valence-electron chi connectivity index (χ3n) is 3.87. The van der Waals surface area contributed by atoms with Crippen LogP contribution >= 0.6 is 0 Å². The van der Waals surface area contributed by atoms with Crippen molar-refractivity contribution in [3.8, 4) is 5.75 Å². The van der Waals surface area contributed by atoms with Crippen molar-refractivity contribution in [2.24, 2.45) is 0 Å². The average Bonchev–Trinajstić information content (AvgIpc) is 3.25. The summed E-state index contributed by atoms with van der Waals surface area (Å²) in [5.74, 6) is 0.523. The molecule has 0 radical (unpaired) electrons. The summed E-state index contributed by atoms with van der Waals surface area (Å²) in [6.07, 6.45) is 0. The van der Waals surface area contributed by atoms with Crippen molar-refractivity contribution in [3.63, 3.8) is 0 Å². The van der Waals surface area contributed by atoms with Crippen LogP contribution in [0.15, 0.2) is 36.4 Å². The molecule has 26 heavy (non-hydrogen) atoms. The van der Waals surface area contributed by atoms with Gasteiger partial charge in [0, 0.05) is 7.11 Å². The van der Waals surface area contributed by atoms with E-state index in [1.54, 1.807) is 38.5 Å². The molecule has 0 amide bonds. The molecule has 9 heteroatoms. The number of H-pyrrole nitrogens is 1. The maximum atomic E-state index is 12.7. The van der Waals surface area contributed by atoms with Gasteiger partial charge < -0.3 is 19.3 Å². The summed E-state index contributed by atoms with van der Waals surface area (Å²) in [7, 11) is 3.11. The Morgan fingerprint density at radius 1 is 1.19 bits per heavy atom. The first kappa shape index (κ1) is 16.0. The first-order valence-electron chi connectivity index (χ1n) is 7.79. The number of hydrogen-bond donors (Lipinski definition) is 1. The van der Waals surface area contributed by atoms with Crippen molar-refractivity contribution in [3.05, 3.63) is 47.8 Å². The van der Waals surface area contributed by atoms with Gasteiger partial charge in [-0.1, -0.05) is 17.0 Å². The summed E-state index contributed by atoms with van der Waals surface area (Å²) in [6.45, 7) is 0.278. The number of carbonyl (C=O) groups excluding carboxylic acids is 1. The smallest absolute Gasteiger partial charge is 0.367 e. The average molecular weight is 353 g/mol. The van der Waals surface area contributed by atoms with Crippen LogP contribution in [0.4, 0.5) is 0 Å². The zero-order chi connectivity index (χ0) is 18.1. The van der Waals surface area contributed by atoms with Crippen molar-refractivity contribution in [1.82, 2.24) is 25.1 Å². The largest absolute Gasteiger partial charge is 0.494 e. The highest BCUT2D eigenvalue weighted by atomic mass is 16.7. The van der Waals surface area contributed by atoms with Gasteiger partial charge in [-0.25, -0.2) is 9.78 Å². The number of rotatable bonds is 5. The van der Waals surface area contributed by atoms with Gasteiger partial charge in [-0.3, -0.25) is 0 Å². The van der Waals surface area contributed by atoms with E-state index in [4.69, 9.17) is 14.3 Å². The fourth-order valence-electron chi connectivity index (χ4n) is 2.70. The van der Waals surface area contributed by atoms with Gasteiger partial charge in [0.25, 0.3) is 0 Å². The number of hydrogen-bond acceptors (Lipinski definition) is 7. The van der Waals surface area contributed by atoms with E-state index in [-0.39, 0.29) is 6.61 Å². The van der Waals surface area contributed by atoms with Gasteiger partial charge in [0.2, 0.25) is 0 Å². The highest BCUT2D eigenvalue weighted by molar-refractivity contribution is 6.03. The lowest BCUT2D eigenvalue weighted by Crippen LogP contribution is -2.21. The molecule has 1 N–H and O–H groups in total. The van der Waals surface area contributed by atoms with Gasteiger partial charge in [-0.15, -0.1) is 5.10 Å². The van der Waals surface area contributed by atoms with Gasteiger partial charge in [0.05, 0.1) is 18.2 Å². The van der Waals surface area contributed by atoms with Crippen LogP contribution in [0.2, 0.25) is 0 Å². The number of ether oxygens (including phenoxy) is 2. The van der Waals surface area contributed by atoms with E-state index in [0.717, 1.165) is 4.85 Å². The highest BCUT2D eigenvalue weighted by Gasteiger charge is 2.20. The number of aromatic nitrogens is 5. The topological polar surface area (TPSA) is 104 Å². The van der Waals surface area contributed by atoms with Crippen LogP contribution in [0.3, 0.4) is 0 Å². The Balaban J connectivity index is 1.74. The van der Waals surface area contributed by atoms with E-state index in [1.165, 1.54) is 0 Å². The van der Waals surface area contributed by atoms with Crippen LogP contribution in [0.25, 0.3) is 22.1 Å². The molecule has 132 valence electrons. The molecule has 4 aromatic rings. The lowest BCUT2D eigenvalue weighted by Gasteiger charge is -2.06. The summed E-state index contributed by atoms with van der Waals surface area (Å²) < 4.78 is 10.4. The molecule has 2 aromatic heterocycles. The first-order chi connectivity index (χ1) is 12.7. The van der Waals surface area contributed by atoms with Gasteiger partial charge in [-0.05, 0) is 29.5 Å². The molecule has 0 saturated carbocycles. The fraction of sp³-hybridized carbons (Fsp3) is 0.176. The molecule has 4 rings (SSSR count). The van der Waals surface area contributed by atoms with Crippen LogP contribution in [-0.2, 0) is 11.3 Å². The van der Waals surface area contributed by atoms with Crippen molar-refractivity contribution in [2.45, 2.75) is 6.61 Å². The molecule has 0 atom stereocenters. The molecule has 9 nitrogen and oxygen atoms in total. The van der Waals surface area contributed by atoms with Gasteiger partial charge >= 0.3 is 5.97 Å². The molecule has 0 aliphatic heterocycles. The number of benzene rings is 2. The van der Waals surface area contributed by atoms with Crippen molar-refractivity contribution >= 4 is 28.0 Å². The van der Waals surface area contributed by atoms with Crippen molar-refractivity contribution in [2.75, 3.05) is 14.2 Å². The standard InChI is InChI=1S/C17H15N5O4/c1-24-9-14-18-15-10(7-8-13(25-2)16(15)19-14)17(23)26-22-12-6-4-3-5-11(12)20-21-22/h3-8H,9H2,1-2H3,(H,18,19). The minimum Gasteiger partial charge on any atom is -0.494 e. The number of nitrogens with zero attached hydrogens (tertiary/aromatic N) is 4. The van der Waals surface area contributed by atoms with E-state index in [2.05, 4.69) is 20.3 Å². The molecule has 0 aliphatic carbocycles. The Labute approximate surface area is 147 Å². The maximum absolute atomic E-state index is 12.7. The summed E-state index contributed by atoms with van der Waals surface area (Å²) >= 11 is 0. The fourth-order valence-corrected chi connectivity index (χ4v) is 2.70. The minimum absolute atomic E-state index is 0.278. The SMILES string of the molecule is COCc1nc2c(OC)ccc(C(=O)On3nnc4ccccc43)c2[nH]1. The summed E-state index contributed by atoms with van der Waals surface area (Å²) in [5.41, 5.74) is 2.55. The predicted octanol–water partition coefficient (Wildman–Crippen LogP) is 1.73. The lowest BCUT2D eigenvalue weighted by atomic mass is 10.2. The van der Waals surface area contributed by atoms with Gasteiger partial charge in [-0.2, -0.15) is 0 Å². The number of carbonyl (C=O) groups is 1. The number of methoxy groups -OCH3 is 2. The number of imidazole rings is 1. The number of aromatic amines is 1. The van der Waals surface area contributed by atoms with E-state index >= 15 is 0 Å². The zero-order valence-corrected chi connectivity index (χ0v) is 14.1. The van der Waals surface area contributed by atoms with Crippen LogP contribution < -0.4 is 9.57 Å². The Kier molecular flexibility index (Phi) is 3.98. The first-order valence-corrected chi connectivity index (χ1v) is 7.79. The summed E-state index contributed by atoms with van der Waals surface area (Å²) in [6, 6.07) is 10.5. The second-order valence-corrected chi connectivity index (χ2v) is 5.49. The van der Waals surface area contributed by atoms with Crippen molar-refractivity contribution in [1.29, 1.82) is 0 Å². The highest BCUT2D eigenvalue weighted by Crippen LogP contribution is 2.27. The Hall–Kier alpha value is -3.46. The second-order valence-electron chi connectivity index (χ2n) is 5.49. The molecule has 2 aromatic carbocycles. The molecule has 2 heterocycles. The Bertz CT molecular complexity index is 1100. The van der Waals surface area contributed by atoms with E-state index < -0.39 is 5.97 Å². The van der Waals surface area contributed by atoms with Crippen LogP contribution in [0.1, 0.15) is 16.2 Å². The summed E-state index contributed by atoms with van der Waals surface area (Å²) in [4.78, 5) is 26.7. The number of nitrogens with one attached hydrogen (secondary N) is 1. The molecule has 0 spiro atoms. The third kappa shape index (κ3) is 2.64. The molecular weight excluding hydrogens is 338 g/mol. The monoisotopic (exact) mass is 353 g/mol. The van der Waals surface area contributed by atoms with E-state index in [0.29, 0.717) is 39.2 Å². The summed E-state index contributed by atoms with van der Waals surface area (Å²) in [5, 5.41) is 7.82. The van der Waals surface area contributed by atoms with E-state index in [1.807, 2.05) is 12.1 Å². The number of para-hydroxylation sites is 1.